The second-order valence-corrected chi connectivity index (χ2v) is 7.30. The van der Waals surface area contributed by atoms with Crippen LogP contribution in [-0.2, 0) is 0 Å². The van der Waals surface area contributed by atoms with E-state index in [9.17, 15) is 4.79 Å². The van der Waals surface area contributed by atoms with Crippen LogP contribution in [0.1, 0.15) is 43.0 Å². The third-order valence-electron chi connectivity index (χ3n) is 4.67. The first-order chi connectivity index (χ1) is 9.63. The molecule has 3 nitrogen and oxygen atoms in total. The van der Waals surface area contributed by atoms with Gasteiger partial charge >= 0.3 is 0 Å². The first-order valence-corrected chi connectivity index (χ1v) is 8.44. The van der Waals surface area contributed by atoms with Crippen LogP contribution in [0, 0.1) is 5.41 Å². The van der Waals surface area contributed by atoms with E-state index in [1.54, 1.807) is 0 Å². The first kappa shape index (κ1) is 13.8. The lowest BCUT2D eigenvalue weighted by atomic mass is 9.93. The summed E-state index contributed by atoms with van der Waals surface area (Å²) in [6.07, 6.45) is 5.32. The number of rotatable bonds is 4. The van der Waals surface area contributed by atoms with Crippen molar-refractivity contribution in [3.05, 3.63) is 23.8 Å². The van der Waals surface area contributed by atoms with Gasteiger partial charge in [-0.3, -0.25) is 4.79 Å². The fraction of sp³-hybridized carbons (Fsp3) is 0.562. The summed E-state index contributed by atoms with van der Waals surface area (Å²) in [6, 6.07) is 6.03. The van der Waals surface area contributed by atoms with Crippen molar-refractivity contribution in [3.63, 3.8) is 0 Å². The zero-order chi connectivity index (χ0) is 14.2. The second-order valence-electron chi connectivity index (χ2n) is 5.96. The number of anilines is 1. The molecule has 1 saturated carbocycles. The van der Waals surface area contributed by atoms with Gasteiger partial charge in [-0.1, -0.05) is 6.92 Å². The van der Waals surface area contributed by atoms with E-state index in [1.807, 2.05) is 23.9 Å². The van der Waals surface area contributed by atoms with Crippen LogP contribution in [0.15, 0.2) is 23.1 Å². The van der Waals surface area contributed by atoms with Gasteiger partial charge in [0, 0.05) is 18.0 Å². The van der Waals surface area contributed by atoms with E-state index in [1.165, 1.54) is 30.6 Å². The number of primary amides is 1. The molecular formula is C16H22N2OS. The number of carbonyl (C=O) groups excluding carboxylic acids is 1. The van der Waals surface area contributed by atoms with E-state index in [2.05, 4.69) is 17.9 Å². The largest absolute Gasteiger partial charge is 0.371 e. The number of carbonyl (C=O) groups is 1. The van der Waals surface area contributed by atoms with E-state index in [0.29, 0.717) is 11.0 Å². The number of hydrogen-bond acceptors (Lipinski definition) is 3. The van der Waals surface area contributed by atoms with Crippen molar-refractivity contribution >= 4 is 23.4 Å². The molecule has 4 heteroatoms. The fourth-order valence-electron chi connectivity index (χ4n) is 3.14. The Balaban J connectivity index is 1.85. The predicted molar refractivity (Wildman–Crippen MR) is 84.5 cm³/mol. The molecule has 3 rings (SSSR count). The van der Waals surface area contributed by atoms with Crippen LogP contribution in [0.2, 0.25) is 0 Å². The van der Waals surface area contributed by atoms with Crippen LogP contribution < -0.4 is 10.6 Å². The number of piperidine rings is 1. The normalized spacial score (nSPS) is 20.1. The van der Waals surface area contributed by atoms with E-state index in [0.717, 1.165) is 24.5 Å². The fourth-order valence-corrected chi connectivity index (χ4v) is 3.83. The lowest BCUT2D eigenvalue weighted by Crippen LogP contribution is -2.35. The molecule has 1 saturated heterocycles. The molecule has 20 heavy (non-hydrogen) atoms. The highest BCUT2D eigenvalue weighted by atomic mass is 32.2. The van der Waals surface area contributed by atoms with Crippen LogP contribution in [0.25, 0.3) is 0 Å². The van der Waals surface area contributed by atoms with Crippen molar-refractivity contribution in [2.75, 3.05) is 23.7 Å². The number of thioether (sulfide) groups is 1. The zero-order valence-electron chi connectivity index (χ0n) is 12.0. The topological polar surface area (TPSA) is 46.3 Å². The van der Waals surface area contributed by atoms with Gasteiger partial charge in [0.05, 0.1) is 11.3 Å². The van der Waals surface area contributed by atoms with Crippen LogP contribution in [0.5, 0.6) is 0 Å². The van der Waals surface area contributed by atoms with Gasteiger partial charge in [-0.15, -0.1) is 11.8 Å². The quantitative estimate of drug-likeness (QED) is 0.866. The zero-order valence-corrected chi connectivity index (χ0v) is 12.8. The third kappa shape index (κ3) is 2.66. The summed E-state index contributed by atoms with van der Waals surface area (Å²) in [5.74, 6) is 0.720. The average molecular weight is 290 g/mol. The molecule has 0 atom stereocenters. The Kier molecular flexibility index (Phi) is 3.67. The molecule has 2 N–H and O–H groups in total. The number of amides is 1. The van der Waals surface area contributed by atoms with E-state index in [4.69, 9.17) is 5.73 Å². The summed E-state index contributed by atoms with van der Waals surface area (Å²) in [6.45, 7) is 4.26. The van der Waals surface area contributed by atoms with Gasteiger partial charge in [0.25, 0.3) is 5.91 Å². The van der Waals surface area contributed by atoms with Crippen molar-refractivity contribution in [2.45, 2.75) is 37.5 Å². The maximum absolute atomic E-state index is 11.7. The van der Waals surface area contributed by atoms with Crippen molar-refractivity contribution in [1.29, 1.82) is 0 Å². The van der Waals surface area contributed by atoms with Gasteiger partial charge in [0.15, 0.2) is 0 Å². The van der Waals surface area contributed by atoms with Crippen molar-refractivity contribution in [2.24, 2.45) is 11.1 Å². The van der Waals surface area contributed by atoms with Crippen LogP contribution >= 0.6 is 11.8 Å². The van der Waals surface area contributed by atoms with Gasteiger partial charge < -0.3 is 10.6 Å². The summed E-state index contributed by atoms with van der Waals surface area (Å²) in [5, 5.41) is 0. The molecular weight excluding hydrogens is 268 g/mol. The molecule has 1 aliphatic carbocycles. The standard InChI is InChI=1S/C16H22N2OS/c1-2-20-12-3-4-13(15(17)19)14(11-12)18-9-7-16(5-6-16)8-10-18/h3-4,11H,2,5-10H2,1H3,(H2,17,19). The van der Waals surface area contributed by atoms with Gasteiger partial charge in [-0.2, -0.15) is 0 Å². The summed E-state index contributed by atoms with van der Waals surface area (Å²) in [5.41, 5.74) is 7.89. The highest BCUT2D eigenvalue weighted by Gasteiger charge is 2.44. The van der Waals surface area contributed by atoms with Crippen molar-refractivity contribution in [1.82, 2.24) is 0 Å². The van der Waals surface area contributed by atoms with Crippen LogP contribution in [0.4, 0.5) is 5.69 Å². The number of nitrogens with zero attached hydrogens (tertiary/aromatic N) is 1. The summed E-state index contributed by atoms with van der Waals surface area (Å²) >= 11 is 1.81. The highest BCUT2D eigenvalue weighted by Crippen LogP contribution is 2.54. The molecule has 0 aromatic heterocycles. The van der Waals surface area contributed by atoms with Gasteiger partial charge in [-0.25, -0.2) is 0 Å². The van der Waals surface area contributed by atoms with E-state index in [-0.39, 0.29) is 5.91 Å². The molecule has 0 radical (unpaired) electrons. The predicted octanol–water partition coefficient (Wildman–Crippen LogP) is 3.28. The monoisotopic (exact) mass is 290 g/mol. The van der Waals surface area contributed by atoms with E-state index >= 15 is 0 Å². The number of nitrogens with two attached hydrogens (primary N) is 1. The van der Waals surface area contributed by atoms with Gasteiger partial charge in [-0.05, 0) is 55.1 Å². The summed E-state index contributed by atoms with van der Waals surface area (Å²) < 4.78 is 0. The minimum absolute atomic E-state index is 0.320. The van der Waals surface area contributed by atoms with Crippen LogP contribution in [-0.4, -0.2) is 24.7 Å². The van der Waals surface area contributed by atoms with E-state index < -0.39 is 0 Å². The Hall–Kier alpha value is -1.16. The average Bonchev–Trinajstić information content (AvgIpc) is 3.19. The van der Waals surface area contributed by atoms with Crippen molar-refractivity contribution in [3.8, 4) is 0 Å². The summed E-state index contributed by atoms with van der Waals surface area (Å²) in [7, 11) is 0. The molecule has 2 fully saturated rings. The molecule has 0 bridgehead atoms. The molecule has 1 heterocycles. The SMILES string of the molecule is CCSc1ccc(C(N)=O)c(N2CCC3(CC2)CC3)c1. The molecule has 1 aliphatic heterocycles. The van der Waals surface area contributed by atoms with Crippen molar-refractivity contribution < 1.29 is 4.79 Å². The van der Waals surface area contributed by atoms with Gasteiger partial charge in [0.2, 0.25) is 0 Å². The lowest BCUT2D eigenvalue weighted by Gasteiger charge is -2.34. The molecule has 1 aromatic carbocycles. The molecule has 108 valence electrons. The Morgan fingerprint density at radius 2 is 2.00 bits per heavy atom. The Labute approximate surface area is 124 Å². The molecule has 1 aromatic rings. The minimum atomic E-state index is -0.320. The Morgan fingerprint density at radius 3 is 2.55 bits per heavy atom. The third-order valence-corrected chi connectivity index (χ3v) is 5.54. The van der Waals surface area contributed by atoms with Gasteiger partial charge in [0.1, 0.15) is 0 Å². The summed E-state index contributed by atoms with van der Waals surface area (Å²) in [4.78, 5) is 15.2. The first-order valence-electron chi connectivity index (χ1n) is 7.45. The number of hydrogen-bond donors (Lipinski definition) is 1. The Morgan fingerprint density at radius 1 is 1.30 bits per heavy atom. The van der Waals surface area contributed by atoms with Crippen LogP contribution in [0.3, 0.4) is 0 Å². The molecule has 1 amide bonds. The molecule has 2 aliphatic rings. The minimum Gasteiger partial charge on any atom is -0.371 e. The maximum atomic E-state index is 11.7. The Bertz CT molecular complexity index is 515. The molecule has 1 spiro atoms. The smallest absolute Gasteiger partial charge is 0.250 e. The maximum Gasteiger partial charge on any atom is 0.250 e. The number of benzene rings is 1. The highest BCUT2D eigenvalue weighted by molar-refractivity contribution is 7.99. The lowest BCUT2D eigenvalue weighted by molar-refractivity contribution is 0.100. The molecule has 0 unspecified atom stereocenters. The second kappa shape index (κ2) is 5.32.